The van der Waals surface area contributed by atoms with E-state index in [0.717, 1.165) is 12.0 Å². The van der Waals surface area contributed by atoms with Gasteiger partial charge < -0.3 is 9.47 Å². The van der Waals surface area contributed by atoms with Crippen molar-refractivity contribution in [3.05, 3.63) is 131 Å². The maximum Gasteiger partial charge on any atom is 0.343 e. The van der Waals surface area contributed by atoms with Crippen molar-refractivity contribution in [2.24, 2.45) is 11.8 Å². The van der Waals surface area contributed by atoms with E-state index in [0.29, 0.717) is 24.1 Å². The second-order valence-corrected chi connectivity index (χ2v) is 11.5. The third-order valence-electron chi connectivity index (χ3n) is 8.54. The van der Waals surface area contributed by atoms with Gasteiger partial charge in [0, 0.05) is 5.56 Å². The lowest BCUT2D eigenvalue weighted by Crippen LogP contribution is -2.31. The van der Waals surface area contributed by atoms with Crippen LogP contribution in [0.2, 0.25) is 0 Å². The maximum absolute atomic E-state index is 13.5. The maximum atomic E-state index is 13.5. The summed E-state index contributed by atoms with van der Waals surface area (Å²) < 4.78 is 10.6. The molecule has 1 aliphatic carbocycles. The number of hydrogen-bond acceptors (Lipinski definition) is 7. The molecule has 2 fully saturated rings. The molecule has 0 unspecified atom stereocenters. The molecule has 1 saturated heterocycles. The molecule has 45 heavy (non-hydrogen) atoms. The molecular weight excluding hydrogens is 570 g/mol. The molecule has 2 amide bonds. The molecule has 3 atom stereocenters. The highest BCUT2D eigenvalue weighted by Gasteiger charge is 2.50. The Morgan fingerprint density at radius 3 is 2.13 bits per heavy atom. The first kappa shape index (κ1) is 29.7. The number of nitrogens with zero attached hydrogens (tertiary/aromatic N) is 1. The highest BCUT2D eigenvalue weighted by atomic mass is 16.5. The molecule has 4 aromatic carbocycles. The molecule has 2 aliphatic rings. The summed E-state index contributed by atoms with van der Waals surface area (Å²) in [6.45, 7) is 1.40. The number of Topliss-reactive ketones (excluding diaryl/α,β-unsaturated/α-hetero) is 1. The standard InChI is InChI=1S/C37H31NO7/c1-23-10-12-26(13-11-23)37(43)45-30-17-14-25(15-18-30)33(39)22-44-36(42)28-8-5-9-29(20-28)38-34(40)31-19-16-27(21-32(31)35(38)41)24-6-3-2-4-7-24/h2-15,17-18,20,27,31-32H,16,19,21-22H2,1H3/t27-,31-,32+/m1/s1. The molecule has 1 aliphatic heterocycles. The van der Waals surface area contributed by atoms with Gasteiger partial charge in [-0.05, 0) is 92.3 Å². The van der Waals surface area contributed by atoms with Crippen molar-refractivity contribution in [2.75, 3.05) is 11.5 Å². The molecule has 4 aromatic rings. The van der Waals surface area contributed by atoms with Crippen LogP contribution in [0.15, 0.2) is 103 Å². The fraction of sp³-hybridized carbons (Fsp3) is 0.216. The van der Waals surface area contributed by atoms with Gasteiger partial charge in [-0.2, -0.15) is 0 Å². The van der Waals surface area contributed by atoms with Crippen LogP contribution in [0.4, 0.5) is 5.69 Å². The zero-order valence-corrected chi connectivity index (χ0v) is 24.7. The molecule has 226 valence electrons. The first-order chi connectivity index (χ1) is 21.8. The van der Waals surface area contributed by atoms with Crippen molar-refractivity contribution in [1.29, 1.82) is 0 Å². The molecule has 0 bridgehead atoms. The van der Waals surface area contributed by atoms with Crippen LogP contribution in [0.3, 0.4) is 0 Å². The van der Waals surface area contributed by atoms with Gasteiger partial charge in [0.15, 0.2) is 12.4 Å². The number of fused-ring (bicyclic) bond motifs is 1. The zero-order chi connectivity index (χ0) is 31.5. The van der Waals surface area contributed by atoms with E-state index in [4.69, 9.17) is 9.47 Å². The van der Waals surface area contributed by atoms with Gasteiger partial charge in [-0.15, -0.1) is 0 Å². The lowest BCUT2D eigenvalue weighted by molar-refractivity contribution is -0.122. The zero-order valence-electron chi connectivity index (χ0n) is 24.7. The first-order valence-electron chi connectivity index (χ1n) is 14.9. The Hall–Kier alpha value is -5.37. The predicted molar refractivity (Wildman–Crippen MR) is 166 cm³/mol. The van der Waals surface area contributed by atoms with Gasteiger partial charge in [-0.1, -0.05) is 54.1 Å². The van der Waals surface area contributed by atoms with Crippen molar-refractivity contribution < 1.29 is 33.4 Å². The lowest BCUT2D eigenvalue weighted by atomic mass is 9.73. The largest absolute Gasteiger partial charge is 0.454 e. The molecule has 1 heterocycles. The summed E-state index contributed by atoms with van der Waals surface area (Å²) in [4.78, 5) is 65.9. The fourth-order valence-corrected chi connectivity index (χ4v) is 6.10. The number of anilines is 1. The van der Waals surface area contributed by atoms with E-state index in [9.17, 15) is 24.0 Å². The van der Waals surface area contributed by atoms with Crippen LogP contribution in [0.1, 0.15) is 67.4 Å². The number of rotatable bonds is 8. The van der Waals surface area contributed by atoms with E-state index in [-0.39, 0.29) is 40.5 Å². The smallest absolute Gasteiger partial charge is 0.343 e. The lowest BCUT2D eigenvalue weighted by Gasteiger charge is -2.28. The quantitative estimate of drug-likeness (QED) is 0.101. The number of ketones is 1. The van der Waals surface area contributed by atoms with Gasteiger partial charge in [0.2, 0.25) is 11.8 Å². The van der Waals surface area contributed by atoms with Crippen LogP contribution in [0.25, 0.3) is 0 Å². The summed E-state index contributed by atoms with van der Waals surface area (Å²) in [5.41, 5.74) is 3.31. The van der Waals surface area contributed by atoms with Gasteiger partial charge in [-0.25, -0.2) is 9.59 Å². The first-order valence-corrected chi connectivity index (χ1v) is 14.9. The predicted octanol–water partition coefficient (Wildman–Crippen LogP) is 6.33. The van der Waals surface area contributed by atoms with E-state index < -0.39 is 30.2 Å². The summed E-state index contributed by atoms with van der Waals surface area (Å²) in [6.07, 6.45) is 2.07. The summed E-state index contributed by atoms with van der Waals surface area (Å²) in [5.74, 6) is -2.50. The van der Waals surface area contributed by atoms with Crippen LogP contribution < -0.4 is 9.64 Å². The van der Waals surface area contributed by atoms with Crippen LogP contribution in [0, 0.1) is 18.8 Å². The van der Waals surface area contributed by atoms with E-state index in [1.807, 2.05) is 37.3 Å². The Balaban J connectivity index is 1.06. The third kappa shape index (κ3) is 6.31. The minimum absolute atomic E-state index is 0.122. The van der Waals surface area contributed by atoms with Crippen molar-refractivity contribution in [3.8, 4) is 5.75 Å². The van der Waals surface area contributed by atoms with Gasteiger partial charge in [0.1, 0.15) is 5.75 Å². The van der Waals surface area contributed by atoms with Crippen LogP contribution in [-0.2, 0) is 14.3 Å². The fourth-order valence-electron chi connectivity index (χ4n) is 6.10. The van der Waals surface area contributed by atoms with E-state index in [1.54, 1.807) is 24.3 Å². The van der Waals surface area contributed by atoms with E-state index >= 15 is 0 Å². The normalized spacial score (nSPS) is 19.1. The SMILES string of the molecule is Cc1ccc(C(=O)Oc2ccc(C(=O)COC(=O)c3cccc(N4C(=O)[C@H]5C[C@H](c6ccccc6)CC[C@H]5C4=O)c3)cc2)cc1. The number of aryl methyl sites for hydroxylation is 1. The van der Waals surface area contributed by atoms with Crippen molar-refractivity contribution in [2.45, 2.75) is 32.1 Å². The topological polar surface area (TPSA) is 107 Å². The monoisotopic (exact) mass is 601 g/mol. The number of carbonyl (C=O) groups excluding carboxylic acids is 5. The number of carbonyl (C=O) groups is 5. The van der Waals surface area contributed by atoms with Gasteiger partial charge in [0.05, 0.1) is 28.7 Å². The average molecular weight is 602 g/mol. The molecule has 0 aromatic heterocycles. The van der Waals surface area contributed by atoms with Crippen LogP contribution >= 0.6 is 0 Å². The number of imide groups is 1. The summed E-state index contributed by atoms with van der Waals surface area (Å²) in [7, 11) is 0. The van der Waals surface area contributed by atoms with Crippen molar-refractivity contribution in [1.82, 2.24) is 0 Å². The summed E-state index contributed by atoms with van der Waals surface area (Å²) in [6, 6.07) is 29.1. The minimum atomic E-state index is -0.755. The molecule has 6 rings (SSSR count). The van der Waals surface area contributed by atoms with Crippen LogP contribution in [0.5, 0.6) is 5.75 Å². The highest BCUT2D eigenvalue weighted by Crippen LogP contribution is 2.45. The third-order valence-corrected chi connectivity index (χ3v) is 8.54. The second-order valence-electron chi connectivity index (χ2n) is 11.5. The summed E-state index contributed by atoms with van der Waals surface area (Å²) in [5, 5.41) is 0. The Labute approximate surface area is 260 Å². The molecule has 0 spiro atoms. The van der Waals surface area contributed by atoms with Crippen molar-refractivity contribution >= 4 is 35.2 Å². The van der Waals surface area contributed by atoms with Gasteiger partial charge in [-0.3, -0.25) is 19.3 Å². The van der Waals surface area contributed by atoms with Crippen molar-refractivity contribution in [3.63, 3.8) is 0 Å². The van der Waals surface area contributed by atoms with Gasteiger partial charge in [0.25, 0.3) is 0 Å². The molecular formula is C37H31NO7. The highest BCUT2D eigenvalue weighted by molar-refractivity contribution is 6.22. The second kappa shape index (κ2) is 12.7. The van der Waals surface area contributed by atoms with E-state index in [2.05, 4.69) is 12.1 Å². The Morgan fingerprint density at radius 2 is 1.40 bits per heavy atom. The molecule has 0 radical (unpaired) electrons. The molecule has 0 N–H and O–H groups in total. The number of hydrogen-bond donors (Lipinski definition) is 0. The summed E-state index contributed by atoms with van der Waals surface area (Å²) >= 11 is 0. The molecule has 8 heteroatoms. The number of esters is 2. The number of amides is 2. The van der Waals surface area contributed by atoms with Gasteiger partial charge >= 0.3 is 11.9 Å². The Morgan fingerprint density at radius 1 is 0.711 bits per heavy atom. The van der Waals surface area contributed by atoms with Crippen LogP contribution in [-0.4, -0.2) is 36.1 Å². The number of ether oxygens (including phenoxy) is 2. The van der Waals surface area contributed by atoms with E-state index in [1.165, 1.54) is 46.9 Å². The Kier molecular flexibility index (Phi) is 8.38. The molecule has 1 saturated carbocycles. The average Bonchev–Trinajstić information content (AvgIpc) is 3.32. The molecule has 8 nitrogen and oxygen atoms in total. The number of benzene rings is 4. The Bertz CT molecular complexity index is 1760. The minimum Gasteiger partial charge on any atom is -0.454 e.